The zero-order valence-electron chi connectivity index (χ0n) is 15.2. The van der Waals surface area contributed by atoms with Crippen molar-refractivity contribution in [2.75, 3.05) is 16.8 Å². The third-order valence-corrected chi connectivity index (χ3v) is 5.25. The third-order valence-electron chi connectivity index (χ3n) is 4.44. The van der Waals surface area contributed by atoms with Crippen LogP contribution in [0.25, 0.3) is 0 Å². The predicted molar refractivity (Wildman–Crippen MR) is 106 cm³/mol. The fourth-order valence-electron chi connectivity index (χ4n) is 3.02. The Morgan fingerprint density at radius 3 is 2.72 bits per heavy atom. The van der Waals surface area contributed by atoms with Crippen LogP contribution in [0.4, 0.5) is 15.2 Å². The van der Waals surface area contributed by atoms with Gasteiger partial charge in [0.2, 0.25) is 16.9 Å². The lowest BCUT2D eigenvalue weighted by molar-refractivity contribution is -0.122. The molecule has 0 aliphatic carbocycles. The number of benzene rings is 2. The third kappa shape index (κ3) is 4.40. The second-order valence-electron chi connectivity index (χ2n) is 6.45. The Hall–Kier alpha value is -3.33. The number of para-hydroxylation sites is 2. The summed E-state index contributed by atoms with van der Waals surface area (Å²) in [7, 11) is 0. The van der Waals surface area contributed by atoms with Crippen molar-refractivity contribution in [3.8, 4) is 5.75 Å². The molecule has 1 N–H and O–H groups in total. The number of carbonyl (C=O) groups excluding carboxylic acids is 2. The first-order valence-electron chi connectivity index (χ1n) is 8.96. The van der Waals surface area contributed by atoms with E-state index in [0.717, 1.165) is 0 Å². The topological polar surface area (TPSA) is 84.4 Å². The number of nitrogens with zero attached hydrogens (tertiary/aromatic N) is 3. The van der Waals surface area contributed by atoms with Crippen LogP contribution in [0.2, 0.25) is 0 Å². The molecule has 1 saturated heterocycles. The van der Waals surface area contributed by atoms with Crippen molar-refractivity contribution in [1.82, 2.24) is 10.2 Å². The quantitative estimate of drug-likeness (QED) is 0.672. The summed E-state index contributed by atoms with van der Waals surface area (Å²) in [5.74, 6) is -0.997. The summed E-state index contributed by atoms with van der Waals surface area (Å²) in [6.07, 6.45) is 0.0168. The Bertz CT molecular complexity index is 1030. The van der Waals surface area contributed by atoms with Crippen LogP contribution >= 0.6 is 11.3 Å². The molecule has 0 saturated carbocycles. The zero-order valence-corrected chi connectivity index (χ0v) is 16.1. The maximum Gasteiger partial charge on any atom is 0.231 e. The van der Waals surface area contributed by atoms with E-state index in [1.165, 1.54) is 28.4 Å². The Labute approximate surface area is 170 Å². The summed E-state index contributed by atoms with van der Waals surface area (Å²) in [5, 5.41) is 11.6. The highest BCUT2D eigenvalue weighted by molar-refractivity contribution is 7.15. The molecule has 1 fully saturated rings. The minimum atomic E-state index is -0.588. The minimum Gasteiger partial charge on any atom is -0.486 e. The first kappa shape index (κ1) is 19.0. The van der Waals surface area contributed by atoms with Gasteiger partial charge in [-0.2, -0.15) is 0 Å². The van der Waals surface area contributed by atoms with E-state index >= 15 is 0 Å². The number of rotatable bonds is 6. The molecule has 1 aliphatic heterocycles. The van der Waals surface area contributed by atoms with Crippen LogP contribution in [-0.2, 0) is 16.2 Å². The van der Waals surface area contributed by atoms with Gasteiger partial charge in [-0.3, -0.25) is 9.59 Å². The highest BCUT2D eigenvalue weighted by Crippen LogP contribution is 2.28. The van der Waals surface area contributed by atoms with Gasteiger partial charge < -0.3 is 15.0 Å². The van der Waals surface area contributed by atoms with Crippen LogP contribution in [0.15, 0.2) is 54.6 Å². The van der Waals surface area contributed by atoms with Gasteiger partial charge in [0.05, 0.1) is 11.6 Å². The zero-order chi connectivity index (χ0) is 20.2. The molecular formula is C20H17FN4O3S. The fraction of sp³-hybridized carbons (Fsp3) is 0.200. The van der Waals surface area contributed by atoms with Gasteiger partial charge in [0.25, 0.3) is 0 Å². The number of ether oxygens (including phenoxy) is 1. The van der Waals surface area contributed by atoms with Gasteiger partial charge >= 0.3 is 0 Å². The number of halogens is 1. The van der Waals surface area contributed by atoms with Gasteiger partial charge in [-0.1, -0.05) is 41.7 Å². The Morgan fingerprint density at radius 2 is 1.93 bits per heavy atom. The van der Waals surface area contributed by atoms with E-state index < -0.39 is 11.7 Å². The first-order valence-corrected chi connectivity index (χ1v) is 9.78. The number of hydrogen-bond acceptors (Lipinski definition) is 6. The molecule has 0 spiro atoms. The van der Waals surface area contributed by atoms with Crippen molar-refractivity contribution >= 4 is 34.0 Å². The number of amides is 2. The molecule has 1 aliphatic rings. The smallest absolute Gasteiger partial charge is 0.231 e. The molecule has 29 heavy (non-hydrogen) atoms. The molecular weight excluding hydrogens is 395 g/mol. The molecule has 0 radical (unpaired) electrons. The maximum atomic E-state index is 14.0. The standard InChI is InChI=1S/C20H17FN4O3S/c21-15-8-4-5-9-16(15)25-11-13(10-18(25)26)19(27)22-20-24-23-17(29-20)12-28-14-6-2-1-3-7-14/h1-9,13H,10-12H2,(H,22,24,27)/t13-/m1/s1. The van der Waals surface area contributed by atoms with Gasteiger partial charge in [0.1, 0.15) is 18.2 Å². The lowest BCUT2D eigenvalue weighted by Crippen LogP contribution is -2.28. The van der Waals surface area contributed by atoms with E-state index in [1.54, 1.807) is 12.1 Å². The van der Waals surface area contributed by atoms with Gasteiger partial charge in [-0.05, 0) is 24.3 Å². The normalized spacial score (nSPS) is 16.1. The van der Waals surface area contributed by atoms with Crippen molar-refractivity contribution in [2.24, 2.45) is 5.92 Å². The van der Waals surface area contributed by atoms with Crippen LogP contribution in [0.3, 0.4) is 0 Å². The first-order chi connectivity index (χ1) is 14.1. The number of nitrogens with one attached hydrogen (secondary N) is 1. The average Bonchev–Trinajstić information content (AvgIpc) is 3.34. The number of anilines is 2. The average molecular weight is 412 g/mol. The van der Waals surface area contributed by atoms with Crippen LogP contribution in [0.1, 0.15) is 11.4 Å². The summed E-state index contributed by atoms with van der Waals surface area (Å²) in [5.41, 5.74) is 0.184. The fourth-order valence-corrected chi connectivity index (χ4v) is 3.67. The van der Waals surface area contributed by atoms with Crippen molar-refractivity contribution in [3.05, 3.63) is 65.4 Å². The van der Waals surface area contributed by atoms with Gasteiger partial charge in [-0.15, -0.1) is 10.2 Å². The number of aromatic nitrogens is 2. The predicted octanol–water partition coefficient (Wildman–Crippen LogP) is 3.25. The molecule has 9 heteroatoms. The van der Waals surface area contributed by atoms with Crippen molar-refractivity contribution < 1.29 is 18.7 Å². The van der Waals surface area contributed by atoms with Crippen LogP contribution in [-0.4, -0.2) is 28.6 Å². The molecule has 1 aromatic heterocycles. The summed E-state index contributed by atoms with van der Waals surface area (Å²) >= 11 is 1.20. The highest BCUT2D eigenvalue weighted by atomic mass is 32.1. The molecule has 2 heterocycles. The van der Waals surface area contributed by atoms with Gasteiger partial charge in [-0.25, -0.2) is 4.39 Å². The van der Waals surface area contributed by atoms with Crippen molar-refractivity contribution in [1.29, 1.82) is 0 Å². The Morgan fingerprint density at radius 1 is 1.17 bits per heavy atom. The highest BCUT2D eigenvalue weighted by Gasteiger charge is 2.36. The van der Waals surface area contributed by atoms with Crippen LogP contribution in [0, 0.1) is 11.7 Å². The van der Waals surface area contributed by atoms with Crippen molar-refractivity contribution in [3.63, 3.8) is 0 Å². The van der Waals surface area contributed by atoms with Crippen molar-refractivity contribution in [2.45, 2.75) is 13.0 Å². The molecule has 1 atom stereocenters. The van der Waals surface area contributed by atoms with E-state index in [0.29, 0.717) is 15.9 Å². The van der Waals surface area contributed by atoms with Crippen LogP contribution in [0.5, 0.6) is 5.75 Å². The molecule has 2 amide bonds. The SMILES string of the molecule is O=C(Nc1nnc(COc2ccccc2)s1)[C@@H]1CC(=O)N(c2ccccc2F)C1. The molecule has 0 bridgehead atoms. The van der Waals surface area contributed by atoms with Gasteiger partial charge in [0, 0.05) is 13.0 Å². The molecule has 4 rings (SSSR count). The Balaban J connectivity index is 1.35. The summed E-state index contributed by atoms with van der Waals surface area (Å²) < 4.78 is 19.6. The van der Waals surface area contributed by atoms with E-state index in [1.807, 2.05) is 30.3 Å². The maximum absolute atomic E-state index is 14.0. The van der Waals surface area contributed by atoms with E-state index in [-0.39, 0.29) is 37.1 Å². The Kier molecular flexibility index (Phi) is 5.48. The second-order valence-corrected chi connectivity index (χ2v) is 7.51. The minimum absolute atomic E-state index is 0.0168. The molecule has 7 nitrogen and oxygen atoms in total. The number of hydrogen-bond donors (Lipinski definition) is 1. The lowest BCUT2D eigenvalue weighted by atomic mass is 10.1. The van der Waals surface area contributed by atoms with E-state index in [2.05, 4.69) is 15.5 Å². The van der Waals surface area contributed by atoms with Crippen LogP contribution < -0.4 is 15.0 Å². The summed E-state index contributed by atoms with van der Waals surface area (Å²) in [6, 6.07) is 15.3. The monoisotopic (exact) mass is 412 g/mol. The summed E-state index contributed by atoms with van der Waals surface area (Å²) in [4.78, 5) is 26.1. The summed E-state index contributed by atoms with van der Waals surface area (Å²) in [6.45, 7) is 0.356. The molecule has 3 aromatic rings. The number of carbonyl (C=O) groups is 2. The van der Waals surface area contributed by atoms with Gasteiger partial charge in [0.15, 0.2) is 5.01 Å². The van der Waals surface area contributed by atoms with E-state index in [9.17, 15) is 14.0 Å². The molecule has 148 valence electrons. The molecule has 2 aromatic carbocycles. The molecule has 0 unspecified atom stereocenters. The second kappa shape index (κ2) is 8.36. The lowest BCUT2D eigenvalue weighted by Gasteiger charge is -2.17. The largest absolute Gasteiger partial charge is 0.486 e. The van der Waals surface area contributed by atoms with E-state index in [4.69, 9.17) is 4.74 Å².